The summed E-state index contributed by atoms with van der Waals surface area (Å²) in [5.74, 6) is -3.64. The number of aliphatic hydroxyl groups is 1. The van der Waals surface area contributed by atoms with E-state index in [1.165, 1.54) is 4.31 Å². The quantitative estimate of drug-likeness (QED) is 0.178. The fourth-order valence-corrected chi connectivity index (χ4v) is 6.50. The number of carboxylic acid groups (broad SMARTS) is 3. The molecule has 1 aliphatic rings. The van der Waals surface area contributed by atoms with Gasteiger partial charge in [-0.3, -0.25) is 14.4 Å². The number of fused-ring (bicyclic) bond motifs is 1. The zero-order valence-corrected chi connectivity index (χ0v) is 27.4. The zero-order chi connectivity index (χ0) is 35.1. The van der Waals surface area contributed by atoms with Gasteiger partial charge in [0.25, 0.3) is 5.56 Å². The Morgan fingerprint density at radius 3 is 2.28 bits per heavy atom. The second kappa shape index (κ2) is 15.5. The lowest BCUT2D eigenvalue weighted by molar-refractivity contribution is -0.170. The minimum atomic E-state index is -3.72. The van der Waals surface area contributed by atoms with Crippen molar-refractivity contribution in [3.8, 4) is 17.1 Å². The topological polar surface area (TPSA) is 245 Å². The third-order valence-electron chi connectivity index (χ3n) is 7.32. The number of nitrogens with zero attached hydrogens (tertiary/aromatic N) is 5. The van der Waals surface area contributed by atoms with Gasteiger partial charge in [0.2, 0.25) is 10.0 Å². The number of carboxylic acids is 3. The number of hydrogen-bond donors (Lipinski definition) is 5. The maximum absolute atomic E-state index is 13.5. The number of H-pyrrole nitrogens is 1. The molecule has 0 bridgehead atoms. The summed E-state index contributed by atoms with van der Waals surface area (Å²) in [6.07, 6.45) is 0.000960. The Kier molecular flexibility index (Phi) is 12.2. The normalized spacial score (nSPS) is 14.7. The van der Waals surface area contributed by atoms with Crippen molar-refractivity contribution in [1.29, 1.82) is 0 Å². The second-order valence-corrected chi connectivity index (χ2v) is 13.0. The number of sulfonamides is 1. The van der Waals surface area contributed by atoms with E-state index in [0.29, 0.717) is 61.0 Å². The average Bonchev–Trinajstić information content (AvgIpc) is 3.13. The first kappa shape index (κ1) is 37.1. The molecule has 3 heterocycles. The summed E-state index contributed by atoms with van der Waals surface area (Å²) >= 11 is 0. The molecule has 1 saturated heterocycles. The Labute approximate surface area is 270 Å². The summed E-state index contributed by atoms with van der Waals surface area (Å²) in [7, 11) is -1.73. The third-order valence-corrected chi connectivity index (χ3v) is 9.22. The number of nitrogens with one attached hydrogen (secondary N) is 1. The molecule has 0 aliphatic carbocycles. The number of ether oxygens (including phenoxy) is 1. The maximum atomic E-state index is 13.5. The fourth-order valence-electron chi connectivity index (χ4n) is 5.01. The van der Waals surface area contributed by atoms with Gasteiger partial charge in [0.05, 0.1) is 35.6 Å². The number of carbonyl (C=O) groups is 3. The van der Waals surface area contributed by atoms with Crippen LogP contribution in [0, 0.1) is 6.92 Å². The summed E-state index contributed by atoms with van der Waals surface area (Å²) < 4.78 is 35.8. The molecular formula is C29H40N6O11S. The lowest BCUT2D eigenvalue weighted by atomic mass is 9.96. The molecule has 4 rings (SSSR count). The molecule has 3 aromatic rings. The van der Waals surface area contributed by atoms with Crippen LogP contribution in [0.5, 0.6) is 5.75 Å². The van der Waals surface area contributed by atoms with Crippen molar-refractivity contribution in [2.75, 3.05) is 39.8 Å². The Morgan fingerprint density at radius 1 is 1.04 bits per heavy atom. The molecule has 18 heteroatoms. The second-order valence-electron chi connectivity index (χ2n) is 11.1. The van der Waals surface area contributed by atoms with Crippen molar-refractivity contribution in [2.24, 2.45) is 0 Å². The minimum Gasteiger partial charge on any atom is -0.493 e. The monoisotopic (exact) mass is 680 g/mol. The van der Waals surface area contributed by atoms with Gasteiger partial charge in [0.1, 0.15) is 11.6 Å². The number of aromatic amines is 1. The number of aromatic nitrogens is 4. The van der Waals surface area contributed by atoms with Gasteiger partial charge in [-0.15, -0.1) is 5.10 Å². The van der Waals surface area contributed by atoms with E-state index in [9.17, 15) is 27.6 Å². The van der Waals surface area contributed by atoms with E-state index in [0.717, 1.165) is 19.4 Å². The van der Waals surface area contributed by atoms with Crippen molar-refractivity contribution < 1.29 is 48.0 Å². The van der Waals surface area contributed by atoms with E-state index in [2.05, 4.69) is 20.0 Å². The van der Waals surface area contributed by atoms with Crippen LogP contribution in [0.25, 0.3) is 16.9 Å². The lowest BCUT2D eigenvalue weighted by Gasteiger charge is -2.21. The molecule has 1 aliphatic heterocycles. The molecule has 5 N–H and O–H groups in total. The van der Waals surface area contributed by atoms with Crippen molar-refractivity contribution in [2.45, 2.75) is 63.4 Å². The number of aliphatic carboxylic acids is 3. The highest BCUT2D eigenvalue weighted by Crippen LogP contribution is 2.31. The number of likely N-dealkylation sites (N-methyl/N-ethyl adjacent to an activating group) is 1. The average molecular weight is 681 g/mol. The largest absolute Gasteiger partial charge is 0.493 e. The predicted molar refractivity (Wildman–Crippen MR) is 167 cm³/mol. The molecule has 47 heavy (non-hydrogen) atoms. The number of imidazole rings is 1. The molecule has 0 saturated carbocycles. The summed E-state index contributed by atoms with van der Waals surface area (Å²) in [6.45, 7) is 8.47. The molecule has 2 aromatic heterocycles. The molecular weight excluding hydrogens is 640 g/mol. The SMILES string of the molecule is CCCc1nc(C)c2c(=O)[nH]c(-c3cc(S(=O)(=O)N4CCCN(C)CC4)ccc3OCC)nn12.O=C(O)CC(O)(CC(=O)O)C(=O)O. The number of hydrogen-bond acceptors (Lipinski definition) is 11. The molecule has 17 nitrogen and oxygen atoms in total. The lowest BCUT2D eigenvalue weighted by Crippen LogP contribution is -2.42. The van der Waals surface area contributed by atoms with Gasteiger partial charge in [-0.1, -0.05) is 6.92 Å². The molecule has 1 fully saturated rings. The maximum Gasteiger partial charge on any atom is 0.336 e. The van der Waals surface area contributed by atoms with Crippen molar-refractivity contribution in [1.82, 2.24) is 28.8 Å². The van der Waals surface area contributed by atoms with E-state index in [1.807, 2.05) is 20.9 Å². The van der Waals surface area contributed by atoms with Gasteiger partial charge in [0, 0.05) is 26.1 Å². The molecule has 0 amide bonds. The first-order valence-corrected chi connectivity index (χ1v) is 16.3. The Balaban J connectivity index is 0.000000392. The third kappa shape index (κ3) is 8.91. The molecule has 0 spiro atoms. The number of aryl methyl sites for hydroxylation is 2. The highest BCUT2D eigenvalue weighted by Gasteiger charge is 2.40. The van der Waals surface area contributed by atoms with Gasteiger partial charge in [-0.2, -0.15) is 4.31 Å². The van der Waals surface area contributed by atoms with Crippen LogP contribution in [0.3, 0.4) is 0 Å². The smallest absolute Gasteiger partial charge is 0.336 e. The van der Waals surface area contributed by atoms with Crippen LogP contribution in [0.1, 0.15) is 51.0 Å². The molecule has 1 aromatic carbocycles. The Bertz CT molecular complexity index is 1770. The predicted octanol–water partition coefficient (Wildman–Crippen LogP) is 0.822. The summed E-state index contributed by atoms with van der Waals surface area (Å²) in [5, 5.41) is 38.5. The van der Waals surface area contributed by atoms with Gasteiger partial charge < -0.3 is 35.0 Å². The van der Waals surface area contributed by atoms with Crippen LogP contribution in [0.4, 0.5) is 0 Å². The zero-order valence-electron chi connectivity index (χ0n) is 26.6. The molecule has 258 valence electrons. The van der Waals surface area contributed by atoms with Gasteiger partial charge in [0.15, 0.2) is 16.9 Å². The van der Waals surface area contributed by atoms with Crippen molar-refractivity contribution in [3.63, 3.8) is 0 Å². The van der Waals surface area contributed by atoms with E-state index in [4.69, 9.17) is 25.2 Å². The van der Waals surface area contributed by atoms with Crippen LogP contribution < -0.4 is 10.3 Å². The highest BCUT2D eigenvalue weighted by atomic mass is 32.2. The van der Waals surface area contributed by atoms with Crippen LogP contribution in [0.2, 0.25) is 0 Å². The number of benzene rings is 1. The highest BCUT2D eigenvalue weighted by molar-refractivity contribution is 7.89. The molecule has 0 atom stereocenters. The molecule has 0 radical (unpaired) electrons. The van der Waals surface area contributed by atoms with Gasteiger partial charge in [-0.05, 0) is 58.5 Å². The van der Waals surface area contributed by atoms with Crippen molar-refractivity contribution in [3.05, 3.63) is 40.1 Å². The summed E-state index contributed by atoms with van der Waals surface area (Å²) in [6, 6.07) is 4.73. The van der Waals surface area contributed by atoms with Crippen LogP contribution in [0.15, 0.2) is 27.9 Å². The fraction of sp³-hybridized carbons (Fsp3) is 0.517. The first-order valence-electron chi connectivity index (χ1n) is 14.9. The van der Waals surface area contributed by atoms with Gasteiger partial charge in [-0.25, -0.2) is 22.7 Å². The van der Waals surface area contributed by atoms with Crippen LogP contribution in [-0.4, -0.2) is 121 Å². The Morgan fingerprint density at radius 2 is 1.70 bits per heavy atom. The standard InChI is InChI=1S/C23H32N6O4S.C6H8O7/c1-5-8-20-24-16(3)21-23(30)25-22(26-29(20)21)18-15-17(9-10-19(18)33-6-2)34(31,32)28-12-7-11-27(4)13-14-28;7-3(8)1-6(13,5(11)12)2-4(9)10/h9-10,15H,5-8,11-14H2,1-4H3,(H,25,26,30);13H,1-2H2,(H,7,8)(H,9,10)(H,11,12). The molecule has 0 unspecified atom stereocenters. The summed E-state index contributed by atoms with van der Waals surface area (Å²) in [4.78, 5) is 53.0. The van der Waals surface area contributed by atoms with E-state index < -0.39 is 46.4 Å². The summed E-state index contributed by atoms with van der Waals surface area (Å²) in [5.41, 5.74) is -1.65. The minimum absolute atomic E-state index is 0.147. The van der Waals surface area contributed by atoms with E-state index in [1.54, 1.807) is 29.6 Å². The van der Waals surface area contributed by atoms with E-state index in [-0.39, 0.29) is 16.3 Å². The van der Waals surface area contributed by atoms with Crippen molar-refractivity contribution >= 4 is 33.4 Å². The van der Waals surface area contributed by atoms with Crippen LogP contribution >= 0.6 is 0 Å². The number of rotatable bonds is 12. The van der Waals surface area contributed by atoms with Crippen LogP contribution in [-0.2, 0) is 30.8 Å². The Hall–Kier alpha value is -4.39. The first-order chi connectivity index (χ1) is 22.0. The van der Waals surface area contributed by atoms with E-state index >= 15 is 0 Å². The van der Waals surface area contributed by atoms with Gasteiger partial charge >= 0.3 is 17.9 Å².